The molecule has 1 amide bonds. The lowest BCUT2D eigenvalue weighted by atomic mass is 10.1. The van der Waals surface area contributed by atoms with Crippen molar-refractivity contribution in [3.63, 3.8) is 0 Å². The molecule has 0 bridgehead atoms. The van der Waals surface area contributed by atoms with Crippen molar-refractivity contribution in [2.24, 2.45) is 5.41 Å². The smallest absolute Gasteiger partial charge is 0.245 e. The summed E-state index contributed by atoms with van der Waals surface area (Å²) in [5, 5.41) is 3.45. The summed E-state index contributed by atoms with van der Waals surface area (Å²) in [7, 11) is 0. The number of amides is 1. The molecule has 1 aliphatic rings. The van der Waals surface area contributed by atoms with Gasteiger partial charge >= 0.3 is 0 Å². The highest BCUT2D eigenvalue weighted by Crippen LogP contribution is 2.75. The molecule has 7 heteroatoms. The van der Waals surface area contributed by atoms with Gasteiger partial charge in [-0.1, -0.05) is 53.9 Å². The van der Waals surface area contributed by atoms with E-state index in [0.29, 0.717) is 5.02 Å². The Morgan fingerprint density at radius 2 is 1.76 bits per heavy atom. The van der Waals surface area contributed by atoms with E-state index >= 15 is 0 Å². The Kier molecular flexibility index (Phi) is 4.71. The van der Waals surface area contributed by atoms with E-state index in [2.05, 4.69) is 5.32 Å². The van der Waals surface area contributed by atoms with Gasteiger partial charge < -0.3 is 5.32 Å². The number of alkyl halides is 4. The topological polar surface area (TPSA) is 29.1 Å². The third-order valence-corrected chi connectivity index (χ3v) is 7.37. The summed E-state index contributed by atoms with van der Waals surface area (Å²) in [4.78, 5) is 11.0. The molecule has 2 rings (SSSR count). The minimum absolute atomic E-state index is 0.0895. The Morgan fingerprint density at radius 3 is 2.19 bits per heavy atom. The first kappa shape index (κ1) is 17.5. The molecule has 0 heterocycles. The number of hydrogen-bond donors (Lipinski definition) is 1. The Bertz CT molecular complexity index is 561. The van der Waals surface area contributed by atoms with Crippen molar-refractivity contribution in [2.45, 2.75) is 29.1 Å². The zero-order valence-electron chi connectivity index (χ0n) is 11.4. The second-order valence-corrected chi connectivity index (χ2v) is 8.04. The first-order valence-corrected chi connectivity index (χ1v) is 8.35. The van der Waals surface area contributed by atoms with E-state index in [4.69, 9.17) is 58.0 Å². The molecule has 21 heavy (non-hydrogen) atoms. The van der Waals surface area contributed by atoms with Gasteiger partial charge in [0.1, 0.15) is 0 Å². The number of nitrogens with one attached hydrogen (secondary N) is 1. The summed E-state index contributed by atoms with van der Waals surface area (Å²) >= 11 is 30.4. The first-order valence-electron chi connectivity index (χ1n) is 6.31. The summed E-state index contributed by atoms with van der Waals surface area (Å²) in [6.45, 7) is 3.53. The van der Waals surface area contributed by atoms with E-state index < -0.39 is 20.5 Å². The van der Waals surface area contributed by atoms with Crippen LogP contribution in [0.1, 0.15) is 25.5 Å². The molecule has 116 valence electrons. The van der Waals surface area contributed by atoms with Crippen molar-refractivity contribution in [1.29, 1.82) is 0 Å². The normalized spacial score (nSPS) is 31.6. The number of benzene rings is 1. The van der Waals surface area contributed by atoms with Gasteiger partial charge in [0.05, 0.1) is 6.04 Å². The predicted octanol–water partition coefficient (Wildman–Crippen LogP) is 4.93. The van der Waals surface area contributed by atoms with Crippen LogP contribution in [0.15, 0.2) is 24.3 Å². The highest BCUT2D eigenvalue weighted by atomic mass is 35.5. The standard InChI is InChI=1S/C14H14Cl5NO/c1-8(9-3-5-10(16)6-4-9)20-11(21)13(17)12(2,7-15)14(13,18)19/h3-6,8H,7H2,1-2H3,(H,20,21)/t8?,12-,13+/m1/s1. The van der Waals surface area contributed by atoms with Crippen LogP contribution in [0.3, 0.4) is 0 Å². The Balaban J connectivity index is 2.14. The number of halogens is 5. The van der Waals surface area contributed by atoms with Crippen molar-refractivity contribution in [2.75, 3.05) is 5.88 Å². The van der Waals surface area contributed by atoms with Crippen molar-refractivity contribution >= 4 is 63.9 Å². The minimum atomic E-state index is -1.44. The molecule has 1 saturated carbocycles. The molecule has 1 unspecified atom stereocenters. The van der Waals surface area contributed by atoms with Gasteiger partial charge in [0.25, 0.3) is 0 Å². The lowest BCUT2D eigenvalue weighted by Gasteiger charge is -2.18. The molecule has 1 aromatic rings. The van der Waals surface area contributed by atoms with Crippen molar-refractivity contribution in [1.82, 2.24) is 5.32 Å². The molecule has 1 aromatic carbocycles. The van der Waals surface area contributed by atoms with Crippen molar-refractivity contribution in [3.05, 3.63) is 34.9 Å². The van der Waals surface area contributed by atoms with Gasteiger partial charge in [-0.25, -0.2) is 0 Å². The molecule has 1 N–H and O–H groups in total. The van der Waals surface area contributed by atoms with Crippen LogP contribution in [-0.2, 0) is 4.79 Å². The van der Waals surface area contributed by atoms with E-state index in [0.717, 1.165) is 5.56 Å². The molecule has 0 aromatic heterocycles. The second-order valence-electron chi connectivity index (χ2n) is 5.45. The fourth-order valence-corrected chi connectivity index (χ4v) is 4.51. The average molecular weight is 390 g/mol. The molecule has 2 nitrogen and oxygen atoms in total. The van der Waals surface area contributed by atoms with Crippen LogP contribution in [0, 0.1) is 5.41 Å². The van der Waals surface area contributed by atoms with Gasteiger partial charge in [-0.15, -0.1) is 23.2 Å². The zero-order valence-corrected chi connectivity index (χ0v) is 15.2. The maximum absolute atomic E-state index is 12.5. The van der Waals surface area contributed by atoms with Gasteiger partial charge in [0.15, 0.2) is 9.21 Å². The van der Waals surface area contributed by atoms with Crippen LogP contribution in [-0.4, -0.2) is 21.0 Å². The van der Waals surface area contributed by atoms with Crippen LogP contribution >= 0.6 is 58.0 Å². The largest absolute Gasteiger partial charge is 0.348 e. The quantitative estimate of drug-likeness (QED) is 0.727. The van der Waals surface area contributed by atoms with Gasteiger partial charge in [0, 0.05) is 16.3 Å². The molecule has 0 radical (unpaired) electrons. The van der Waals surface area contributed by atoms with Crippen LogP contribution in [0.4, 0.5) is 0 Å². The molecule has 0 saturated heterocycles. The fourth-order valence-electron chi connectivity index (χ4n) is 2.34. The van der Waals surface area contributed by atoms with Gasteiger partial charge in [-0.2, -0.15) is 0 Å². The molecule has 0 spiro atoms. The minimum Gasteiger partial charge on any atom is -0.348 e. The summed E-state index contributed by atoms with van der Waals surface area (Å²) in [6, 6.07) is 6.91. The Hall–Kier alpha value is 0.140. The van der Waals surface area contributed by atoms with E-state index in [1.54, 1.807) is 19.1 Å². The highest BCUT2D eigenvalue weighted by molar-refractivity contribution is 6.64. The molecular formula is C14H14Cl5NO. The van der Waals surface area contributed by atoms with Crippen molar-refractivity contribution < 1.29 is 4.79 Å². The maximum atomic E-state index is 12.5. The second kappa shape index (κ2) is 5.65. The molecule has 3 atom stereocenters. The molecule has 1 fully saturated rings. The van der Waals surface area contributed by atoms with E-state index in [9.17, 15) is 4.79 Å². The highest BCUT2D eigenvalue weighted by Gasteiger charge is 2.87. The Morgan fingerprint density at radius 1 is 1.24 bits per heavy atom. The van der Waals surface area contributed by atoms with Crippen LogP contribution in [0.5, 0.6) is 0 Å². The number of carbonyl (C=O) groups excluding carboxylic acids is 1. The Labute approximate surface area is 149 Å². The third-order valence-electron chi connectivity index (χ3n) is 4.12. The zero-order chi connectivity index (χ0) is 16.1. The van der Waals surface area contributed by atoms with Gasteiger partial charge in [-0.05, 0) is 24.6 Å². The van der Waals surface area contributed by atoms with Crippen LogP contribution < -0.4 is 5.32 Å². The first-order chi connectivity index (χ1) is 9.61. The SMILES string of the molecule is CC(NC(=O)[C@@]1(Cl)C(Cl)(Cl)[C@]1(C)CCl)c1ccc(Cl)cc1. The number of hydrogen-bond acceptors (Lipinski definition) is 1. The van der Waals surface area contributed by atoms with Gasteiger partial charge in [-0.3, -0.25) is 4.79 Å². The maximum Gasteiger partial charge on any atom is 0.245 e. The summed E-state index contributed by atoms with van der Waals surface area (Å²) in [6.07, 6.45) is 0. The average Bonchev–Trinajstić information content (AvgIpc) is 2.80. The van der Waals surface area contributed by atoms with E-state index in [-0.39, 0.29) is 11.9 Å². The molecule has 1 aliphatic carbocycles. The number of carbonyl (C=O) groups is 1. The van der Waals surface area contributed by atoms with E-state index in [1.807, 2.05) is 19.1 Å². The van der Waals surface area contributed by atoms with Gasteiger partial charge in [0.2, 0.25) is 5.91 Å². The summed E-state index contributed by atoms with van der Waals surface area (Å²) in [5.41, 5.74) is 0.0201. The lowest BCUT2D eigenvalue weighted by Crippen LogP contribution is -2.39. The van der Waals surface area contributed by atoms with Crippen LogP contribution in [0.25, 0.3) is 0 Å². The predicted molar refractivity (Wildman–Crippen MR) is 89.9 cm³/mol. The van der Waals surface area contributed by atoms with Crippen molar-refractivity contribution in [3.8, 4) is 0 Å². The van der Waals surface area contributed by atoms with Crippen LogP contribution in [0.2, 0.25) is 5.02 Å². The summed E-state index contributed by atoms with van der Waals surface area (Å²) in [5.74, 6) is -0.341. The molecular weight excluding hydrogens is 375 g/mol. The van der Waals surface area contributed by atoms with E-state index in [1.165, 1.54) is 0 Å². The number of rotatable bonds is 4. The lowest BCUT2D eigenvalue weighted by molar-refractivity contribution is -0.122. The molecule has 0 aliphatic heterocycles. The monoisotopic (exact) mass is 387 g/mol. The fraction of sp³-hybridized carbons (Fsp3) is 0.500. The third kappa shape index (κ3) is 2.44. The summed E-state index contributed by atoms with van der Waals surface area (Å²) < 4.78 is -1.40.